The van der Waals surface area contributed by atoms with Crippen LogP contribution in [0.5, 0.6) is 5.75 Å². The smallest absolute Gasteiger partial charge is 0.343 e. The second-order valence-corrected chi connectivity index (χ2v) is 13.7. The van der Waals surface area contributed by atoms with Crippen molar-refractivity contribution in [2.75, 3.05) is 5.32 Å². The van der Waals surface area contributed by atoms with E-state index in [0.717, 1.165) is 43.4 Å². The Morgan fingerprint density at radius 1 is 1.12 bits per heavy atom. The lowest BCUT2D eigenvalue weighted by molar-refractivity contribution is -0.154. The molecule has 220 valence electrons. The second kappa shape index (κ2) is 11.6. The molecular weight excluding hydrogens is 548 g/mol. The summed E-state index contributed by atoms with van der Waals surface area (Å²) >= 11 is 1.48. The molecule has 4 unspecified atom stereocenters. The maximum absolute atomic E-state index is 12.9. The van der Waals surface area contributed by atoms with E-state index in [1.807, 2.05) is 37.3 Å². The van der Waals surface area contributed by atoms with E-state index in [2.05, 4.69) is 23.3 Å². The highest BCUT2D eigenvalue weighted by Gasteiger charge is 2.59. The molecule has 3 aliphatic carbocycles. The Hall–Kier alpha value is -3.52. The van der Waals surface area contributed by atoms with E-state index >= 15 is 0 Å². The molecule has 1 heterocycles. The van der Waals surface area contributed by atoms with Gasteiger partial charge in [-0.2, -0.15) is 0 Å². The lowest BCUT2D eigenvalue weighted by Gasteiger charge is -2.51. The Morgan fingerprint density at radius 3 is 2.67 bits per heavy atom. The average molecular weight is 587 g/mol. The number of benzene rings is 2. The largest absolute Gasteiger partial charge is 0.462 e. The van der Waals surface area contributed by atoms with Gasteiger partial charge in [-0.1, -0.05) is 31.2 Å². The zero-order valence-corrected chi connectivity index (χ0v) is 25.2. The number of fused-ring (bicyclic) bond motifs is 5. The number of carbonyl (C=O) groups excluding carboxylic acids is 3. The van der Waals surface area contributed by atoms with E-state index in [1.165, 1.54) is 29.4 Å². The number of nitrogens with zero attached hydrogens (tertiary/aromatic N) is 1. The van der Waals surface area contributed by atoms with E-state index in [1.54, 1.807) is 18.3 Å². The van der Waals surface area contributed by atoms with E-state index in [0.29, 0.717) is 46.5 Å². The Labute approximate surface area is 251 Å². The summed E-state index contributed by atoms with van der Waals surface area (Å²) in [6, 6.07) is 15.2. The topological polar surface area (TPSA) is 94.6 Å². The summed E-state index contributed by atoms with van der Waals surface area (Å²) in [5, 5.41) is 3.60. The van der Waals surface area contributed by atoms with Gasteiger partial charge in [0.15, 0.2) is 5.13 Å². The van der Waals surface area contributed by atoms with Crippen LogP contribution in [0.1, 0.15) is 84.7 Å². The van der Waals surface area contributed by atoms with E-state index in [4.69, 9.17) is 9.47 Å². The lowest BCUT2D eigenvalue weighted by Crippen LogP contribution is -2.46. The van der Waals surface area contributed by atoms with Crippen LogP contribution in [0.4, 0.5) is 5.13 Å². The number of hydrogen-bond donors (Lipinski definition) is 1. The molecule has 8 heteroatoms. The number of thiazole rings is 1. The van der Waals surface area contributed by atoms with Crippen molar-refractivity contribution in [2.45, 2.75) is 77.7 Å². The number of nitrogens with one attached hydrogen (secondary N) is 1. The maximum atomic E-state index is 12.9. The first kappa shape index (κ1) is 28.6. The number of aryl methyl sites for hydroxylation is 2. The number of esters is 2. The van der Waals surface area contributed by atoms with Gasteiger partial charge in [-0.05, 0) is 105 Å². The van der Waals surface area contributed by atoms with Crippen molar-refractivity contribution in [1.82, 2.24) is 4.98 Å². The van der Waals surface area contributed by atoms with Crippen LogP contribution in [-0.2, 0) is 20.7 Å². The number of ether oxygens (including phenoxy) is 2. The molecule has 3 aromatic rings. The van der Waals surface area contributed by atoms with E-state index < -0.39 is 0 Å². The van der Waals surface area contributed by atoms with Crippen molar-refractivity contribution in [3.05, 3.63) is 76.3 Å². The predicted octanol–water partition coefficient (Wildman–Crippen LogP) is 7.10. The van der Waals surface area contributed by atoms with E-state index in [-0.39, 0.29) is 29.4 Å². The molecule has 1 aromatic heterocycles. The number of carbonyl (C=O) groups is 3. The lowest BCUT2D eigenvalue weighted by atomic mass is 9.53. The molecule has 3 aliphatic rings. The minimum atomic E-state index is -0.350. The fourth-order valence-electron chi connectivity index (χ4n) is 8.19. The third kappa shape index (κ3) is 5.61. The zero-order valence-electron chi connectivity index (χ0n) is 24.4. The molecule has 42 heavy (non-hydrogen) atoms. The molecule has 6 atom stereocenters. The molecule has 0 radical (unpaired) electrons. The molecule has 7 nitrogen and oxygen atoms in total. The summed E-state index contributed by atoms with van der Waals surface area (Å²) in [6.45, 7) is 5.78. The zero-order chi connectivity index (χ0) is 29.4. The van der Waals surface area contributed by atoms with Crippen LogP contribution < -0.4 is 10.1 Å². The summed E-state index contributed by atoms with van der Waals surface area (Å²) < 4.78 is 11.7. The SMILES string of the molecule is CC(=O)O[C@H]1CC(CCC(=O)Nc2ncc(C)s2)C2C3CCc4cc(OC(=O)c5ccccc5)ccc4C3CC[C@@]21C. The Morgan fingerprint density at radius 2 is 1.93 bits per heavy atom. The van der Waals surface area contributed by atoms with Gasteiger partial charge in [0.2, 0.25) is 5.91 Å². The summed E-state index contributed by atoms with van der Waals surface area (Å²) in [6.07, 6.45) is 7.57. The molecule has 2 aromatic carbocycles. The van der Waals surface area contributed by atoms with Gasteiger partial charge in [0.25, 0.3) is 0 Å². The molecule has 6 rings (SSSR count). The molecule has 1 amide bonds. The Balaban J connectivity index is 1.20. The molecule has 2 saturated carbocycles. The van der Waals surface area contributed by atoms with Crippen molar-refractivity contribution in [2.24, 2.45) is 23.2 Å². The number of aromatic nitrogens is 1. The third-order valence-corrected chi connectivity index (χ3v) is 10.7. The highest BCUT2D eigenvalue weighted by molar-refractivity contribution is 7.15. The first-order valence-corrected chi connectivity index (χ1v) is 15.8. The Kier molecular flexibility index (Phi) is 7.92. The van der Waals surface area contributed by atoms with Crippen molar-refractivity contribution in [3.63, 3.8) is 0 Å². The van der Waals surface area contributed by atoms with E-state index in [9.17, 15) is 14.4 Å². The van der Waals surface area contributed by atoms with Gasteiger partial charge < -0.3 is 14.8 Å². The number of anilines is 1. The van der Waals surface area contributed by atoms with Gasteiger partial charge in [-0.25, -0.2) is 9.78 Å². The molecule has 0 aliphatic heterocycles. The molecule has 0 bridgehead atoms. The van der Waals surface area contributed by atoms with Crippen molar-refractivity contribution < 1.29 is 23.9 Å². The van der Waals surface area contributed by atoms with Crippen LogP contribution in [0.25, 0.3) is 0 Å². The minimum absolute atomic E-state index is 0.0130. The van der Waals surface area contributed by atoms with Gasteiger partial charge in [0.1, 0.15) is 11.9 Å². The highest BCUT2D eigenvalue weighted by atomic mass is 32.1. The number of amides is 1. The van der Waals surface area contributed by atoms with Gasteiger partial charge >= 0.3 is 11.9 Å². The fraction of sp³-hybridized carbons (Fsp3) is 0.471. The van der Waals surface area contributed by atoms with Crippen LogP contribution in [0.3, 0.4) is 0 Å². The van der Waals surface area contributed by atoms with Gasteiger partial charge in [-0.15, -0.1) is 11.3 Å². The van der Waals surface area contributed by atoms with Crippen LogP contribution in [0.15, 0.2) is 54.7 Å². The predicted molar refractivity (Wildman–Crippen MR) is 162 cm³/mol. The van der Waals surface area contributed by atoms with Crippen molar-refractivity contribution in [3.8, 4) is 5.75 Å². The number of hydrogen-bond acceptors (Lipinski definition) is 7. The molecule has 0 saturated heterocycles. The summed E-state index contributed by atoms with van der Waals surface area (Å²) in [5.74, 6) is 1.49. The summed E-state index contributed by atoms with van der Waals surface area (Å²) in [4.78, 5) is 42.9. The van der Waals surface area contributed by atoms with Crippen molar-refractivity contribution in [1.29, 1.82) is 0 Å². The molecule has 2 fully saturated rings. The second-order valence-electron chi connectivity index (χ2n) is 12.5. The fourth-order valence-corrected chi connectivity index (χ4v) is 8.87. The first-order chi connectivity index (χ1) is 20.2. The first-order valence-electron chi connectivity index (χ1n) is 15.0. The molecule has 0 spiro atoms. The Bertz CT molecular complexity index is 1490. The van der Waals surface area contributed by atoms with Gasteiger partial charge in [-0.3, -0.25) is 9.59 Å². The quantitative estimate of drug-likeness (QED) is 0.234. The molecular formula is C34H38N2O5S. The minimum Gasteiger partial charge on any atom is -0.462 e. The molecule has 1 N–H and O–H groups in total. The highest BCUT2D eigenvalue weighted by Crippen LogP contribution is 2.64. The summed E-state index contributed by atoms with van der Waals surface area (Å²) in [7, 11) is 0. The van der Waals surface area contributed by atoms with Gasteiger partial charge in [0, 0.05) is 29.8 Å². The van der Waals surface area contributed by atoms with Gasteiger partial charge in [0.05, 0.1) is 5.56 Å². The maximum Gasteiger partial charge on any atom is 0.343 e. The normalized spacial score (nSPS) is 27.7. The number of rotatable bonds is 7. The van der Waals surface area contributed by atoms with Crippen LogP contribution in [0, 0.1) is 30.1 Å². The average Bonchev–Trinajstić information content (AvgIpc) is 3.50. The van der Waals surface area contributed by atoms with Crippen molar-refractivity contribution >= 4 is 34.3 Å². The monoisotopic (exact) mass is 586 g/mol. The van der Waals surface area contributed by atoms with Crippen LogP contribution in [-0.4, -0.2) is 28.9 Å². The van der Waals surface area contributed by atoms with Crippen LogP contribution >= 0.6 is 11.3 Å². The van der Waals surface area contributed by atoms with Crippen LogP contribution in [0.2, 0.25) is 0 Å². The standard InChI is InChI=1S/C34H38N2O5S/c1-20-19-35-33(42-20)36-30(38)14-10-24-18-29(40-21(2)37)34(3)16-15-27-26-13-11-25(17-23(26)9-12-28(27)31(24)34)41-32(39)22-7-5-4-6-8-22/h4-8,11,13,17,19,24,27-29,31H,9-10,12,14-16,18H2,1-3H3,(H,35,36,38)/t24?,27?,28?,29-,31?,34+/m0/s1. The summed E-state index contributed by atoms with van der Waals surface area (Å²) in [5.41, 5.74) is 3.02. The third-order valence-electron chi connectivity index (χ3n) is 9.89.